The van der Waals surface area contributed by atoms with E-state index in [-0.39, 0.29) is 17.6 Å². The number of hydrogen-bond donors (Lipinski definition) is 1. The van der Waals surface area contributed by atoms with Crippen molar-refractivity contribution < 1.29 is 9.59 Å². The van der Waals surface area contributed by atoms with Gasteiger partial charge in [-0.05, 0) is 49.2 Å². The molecule has 4 nitrogen and oxygen atoms in total. The molecule has 1 N–H and O–H groups in total. The van der Waals surface area contributed by atoms with Crippen LogP contribution in [0.4, 0.5) is 0 Å². The number of hydrogen-bond acceptors (Lipinski definition) is 3. The Balaban J connectivity index is 2.07. The van der Waals surface area contributed by atoms with E-state index in [0.717, 1.165) is 11.1 Å². The highest BCUT2D eigenvalue weighted by Gasteiger charge is 2.25. The van der Waals surface area contributed by atoms with Crippen molar-refractivity contribution in [3.05, 3.63) is 68.7 Å². The predicted molar refractivity (Wildman–Crippen MR) is 123 cm³/mol. The fourth-order valence-corrected chi connectivity index (χ4v) is 4.39. The highest BCUT2D eigenvalue weighted by Crippen LogP contribution is 2.25. The van der Waals surface area contributed by atoms with Gasteiger partial charge in [0.25, 0.3) is 0 Å². The zero-order valence-corrected chi connectivity index (χ0v) is 19.3. The lowest BCUT2D eigenvalue weighted by Gasteiger charge is -2.28. The van der Waals surface area contributed by atoms with Crippen molar-refractivity contribution >= 4 is 58.4 Å². The first-order valence-electron chi connectivity index (χ1n) is 9.15. The fourth-order valence-electron chi connectivity index (χ4n) is 2.71. The molecule has 156 valence electrons. The normalized spacial score (nSPS) is 11.8. The van der Waals surface area contributed by atoms with Crippen molar-refractivity contribution in [2.24, 2.45) is 0 Å². The summed E-state index contributed by atoms with van der Waals surface area (Å²) in [6, 6.07) is 12.0. The molecule has 29 heavy (non-hydrogen) atoms. The molecule has 8 heteroatoms. The molecule has 0 aromatic heterocycles. The van der Waals surface area contributed by atoms with Gasteiger partial charge in [0.2, 0.25) is 11.8 Å². The van der Waals surface area contributed by atoms with Crippen LogP contribution in [0.3, 0.4) is 0 Å². The summed E-state index contributed by atoms with van der Waals surface area (Å²) in [5.41, 5.74) is 1.78. The molecule has 0 aliphatic rings. The van der Waals surface area contributed by atoms with Gasteiger partial charge >= 0.3 is 0 Å². The van der Waals surface area contributed by atoms with Crippen LogP contribution in [0.25, 0.3) is 0 Å². The first kappa shape index (κ1) is 23.9. The van der Waals surface area contributed by atoms with Crippen LogP contribution in [0, 0.1) is 0 Å². The highest BCUT2D eigenvalue weighted by molar-refractivity contribution is 7.99. The van der Waals surface area contributed by atoms with Gasteiger partial charge in [-0.1, -0.05) is 53.0 Å². The number of amides is 2. The molecule has 2 amide bonds. The number of halogens is 3. The van der Waals surface area contributed by atoms with Gasteiger partial charge in [0.1, 0.15) is 6.04 Å². The van der Waals surface area contributed by atoms with Gasteiger partial charge in [0, 0.05) is 33.9 Å². The number of carbonyl (C=O) groups is 2. The SMILES string of the molecule is CCNC(=O)[C@H](C)N(Cc1cccc(Cl)c1)C(=O)CSCc1ccc(Cl)cc1Cl. The predicted octanol–water partition coefficient (Wildman–Crippen LogP) is 5.43. The molecule has 2 rings (SSSR count). The van der Waals surface area contributed by atoms with E-state index < -0.39 is 6.04 Å². The summed E-state index contributed by atoms with van der Waals surface area (Å²) in [6.07, 6.45) is 0. The zero-order chi connectivity index (χ0) is 21.4. The fraction of sp³-hybridized carbons (Fsp3) is 0.333. The summed E-state index contributed by atoms with van der Waals surface area (Å²) >= 11 is 19.6. The number of benzene rings is 2. The van der Waals surface area contributed by atoms with E-state index in [4.69, 9.17) is 34.8 Å². The molecule has 0 saturated heterocycles. The standard InChI is InChI=1S/C21H23Cl3N2O2S/c1-3-25-21(28)14(2)26(11-15-5-4-6-17(22)9-15)20(27)13-29-12-16-7-8-18(23)10-19(16)24/h4-10,14H,3,11-13H2,1-2H3,(H,25,28)/t14-/m0/s1. The van der Waals surface area contributed by atoms with Crippen LogP contribution >= 0.6 is 46.6 Å². The zero-order valence-electron chi connectivity index (χ0n) is 16.3. The van der Waals surface area contributed by atoms with Crippen LogP contribution < -0.4 is 5.32 Å². The third kappa shape index (κ3) is 7.41. The Bertz CT molecular complexity index is 864. The second kappa shape index (κ2) is 11.7. The Morgan fingerprint density at radius 3 is 2.48 bits per heavy atom. The number of nitrogens with one attached hydrogen (secondary N) is 1. The Hall–Kier alpha value is -1.40. The van der Waals surface area contributed by atoms with Crippen LogP contribution in [0.5, 0.6) is 0 Å². The minimum absolute atomic E-state index is 0.126. The quantitative estimate of drug-likeness (QED) is 0.528. The number of rotatable bonds is 9. The summed E-state index contributed by atoms with van der Waals surface area (Å²) in [7, 11) is 0. The highest BCUT2D eigenvalue weighted by atomic mass is 35.5. The van der Waals surface area contributed by atoms with Crippen molar-refractivity contribution in [2.75, 3.05) is 12.3 Å². The number of carbonyl (C=O) groups excluding carboxylic acids is 2. The van der Waals surface area contributed by atoms with Crippen LogP contribution in [0.1, 0.15) is 25.0 Å². The minimum Gasteiger partial charge on any atom is -0.355 e. The van der Waals surface area contributed by atoms with E-state index in [1.807, 2.05) is 25.1 Å². The van der Waals surface area contributed by atoms with Gasteiger partial charge in [0.15, 0.2) is 0 Å². The molecule has 1 atom stereocenters. The lowest BCUT2D eigenvalue weighted by atomic mass is 10.1. The summed E-state index contributed by atoms with van der Waals surface area (Å²) in [4.78, 5) is 26.9. The molecule has 0 bridgehead atoms. The summed E-state index contributed by atoms with van der Waals surface area (Å²) < 4.78 is 0. The second-order valence-corrected chi connectivity index (χ2v) is 8.72. The summed E-state index contributed by atoms with van der Waals surface area (Å²) in [5.74, 6) is 0.485. The smallest absolute Gasteiger partial charge is 0.242 e. The lowest BCUT2D eigenvalue weighted by Crippen LogP contribution is -2.48. The van der Waals surface area contributed by atoms with Gasteiger partial charge in [-0.15, -0.1) is 11.8 Å². The average molecular weight is 474 g/mol. The maximum atomic E-state index is 12.9. The maximum absolute atomic E-state index is 12.9. The maximum Gasteiger partial charge on any atom is 0.242 e. The molecule has 2 aromatic rings. The molecule has 0 heterocycles. The van der Waals surface area contributed by atoms with E-state index >= 15 is 0 Å². The minimum atomic E-state index is -0.596. The summed E-state index contributed by atoms with van der Waals surface area (Å²) in [6.45, 7) is 4.39. The van der Waals surface area contributed by atoms with Crippen molar-refractivity contribution in [3.8, 4) is 0 Å². The molecule has 0 spiro atoms. The van der Waals surface area contributed by atoms with Crippen molar-refractivity contribution in [1.82, 2.24) is 10.2 Å². The van der Waals surface area contributed by atoms with Gasteiger partial charge in [-0.25, -0.2) is 0 Å². The third-order valence-electron chi connectivity index (χ3n) is 4.26. The van der Waals surface area contributed by atoms with Gasteiger partial charge in [-0.2, -0.15) is 0 Å². The van der Waals surface area contributed by atoms with Crippen LogP contribution in [0.2, 0.25) is 15.1 Å². The van der Waals surface area contributed by atoms with E-state index in [2.05, 4.69) is 5.32 Å². The number of likely N-dealkylation sites (N-methyl/N-ethyl adjacent to an activating group) is 1. The molecule has 0 unspecified atom stereocenters. The Labute approximate surface area is 190 Å². The molecule has 0 aliphatic heterocycles. The monoisotopic (exact) mass is 472 g/mol. The summed E-state index contributed by atoms with van der Waals surface area (Å²) in [5, 5.41) is 4.51. The first-order valence-corrected chi connectivity index (χ1v) is 11.4. The van der Waals surface area contributed by atoms with Crippen LogP contribution in [-0.4, -0.2) is 35.1 Å². The Kier molecular flexibility index (Phi) is 9.63. The average Bonchev–Trinajstić information content (AvgIpc) is 2.67. The van der Waals surface area contributed by atoms with Gasteiger partial charge in [-0.3, -0.25) is 9.59 Å². The molecule has 2 aromatic carbocycles. The third-order valence-corrected chi connectivity index (χ3v) is 6.05. The topological polar surface area (TPSA) is 49.4 Å². The first-order chi connectivity index (χ1) is 13.8. The number of thioether (sulfide) groups is 1. The molecule has 0 radical (unpaired) electrons. The Morgan fingerprint density at radius 2 is 1.83 bits per heavy atom. The van der Waals surface area contributed by atoms with Crippen LogP contribution in [-0.2, 0) is 21.9 Å². The molecule has 0 saturated carbocycles. The van der Waals surface area contributed by atoms with E-state index in [0.29, 0.717) is 33.9 Å². The van der Waals surface area contributed by atoms with Crippen molar-refractivity contribution in [3.63, 3.8) is 0 Å². The second-order valence-electron chi connectivity index (χ2n) is 6.45. The number of nitrogens with zero attached hydrogens (tertiary/aromatic N) is 1. The van der Waals surface area contributed by atoms with Crippen molar-refractivity contribution in [1.29, 1.82) is 0 Å². The molecule has 0 fully saturated rings. The van der Waals surface area contributed by atoms with Crippen molar-refractivity contribution in [2.45, 2.75) is 32.2 Å². The largest absolute Gasteiger partial charge is 0.355 e. The molecule has 0 aliphatic carbocycles. The molecular weight excluding hydrogens is 451 g/mol. The lowest BCUT2D eigenvalue weighted by molar-refractivity contribution is -0.138. The Morgan fingerprint density at radius 1 is 1.10 bits per heavy atom. The van der Waals surface area contributed by atoms with E-state index in [1.165, 1.54) is 11.8 Å². The van der Waals surface area contributed by atoms with Crippen LogP contribution in [0.15, 0.2) is 42.5 Å². The van der Waals surface area contributed by atoms with E-state index in [1.54, 1.807) is 36.1 Å². The van der Waals surface area contributed by atoms with Gasteiger partial charge < -0.3 is 10.2 Å². The molecular formula is C21H23Cl3N2O2S. The van der Waals surface area contributed by atoms with Gasteiger partial charge in [0.05, 0.1) is 5.75 Å². The van der Waals surface area contributed by atoms with E-state index in [9.17, 15) is 9.59 Å².